The Hall–Kier alpha value is -2.86. The van der Waals surface area contributed by atoms with Crippen molar-refractivity contribution >= 4 is 38.6 Å². The third-order valence-electron chi connectivity index (χ3n) is 4.77. The van der Waals surface area contributed by atoms with E-state index in [9.17, 15) is 14.7 Å². The van der Waals surface area contributed by atoms with Crippen LogP contribution in [0.5, 0.6) is 5.75 Å². The van der Waals surface area contributed by atoms with Crippen molar-refractivity contribution in [3.05, 3.63) is 76.8 Å². The first-order chi connectivity index (χ1) is 13.9. The van der Waals surface area contributed by atoms with E-state index in [4.69, 9.17) is 4.74 Å². The standard InChI is InChI=1S/C23H22BrNO4/c1-23(22(27)28,17-9-5-10-18(24)15-17)25-21(26)13-6-14-29-20-12-4-8-16-7-2-3-11-19(16)20/h2-5,7-12,15H,6,13-14H2,1H3,(H,25,26)(H,27,28). The van der Waals surface area contributed by atoms with Gasteiger partial charge in [0.2, 0.25) is 5.91 Å². The summed E-state index contributed by atoms with van der Waals surface area (Å²) in [6.45, 7) is 1.85. The van der Waals surface area contributed by atoms with Gasteiger partial charge in [0, 0.05) is 16.3 Å². The molecule has 0 spiro atoms. The summed E-state index contributed by atoms with van der Waals surface area (Å²) in [6, 6.07) is 20.7. The number of amides is 1. The Kier molecular flexibility index (Phi) is 6.54. The summed E-state index contributed by atoms with van der Waals surface area (Å²) >= 11 is 3.34. The fourth-order valence-electron chi connectivity index (χ4n) is 3.13. The van der Waals surface area contributed by atoms with Gasteiger partial charge in [0.25, 0.3) is 0 Å². The molecule has 1 unspecified atom stereocenters. The second-order valence-corrected chi connectivity index (χ2v) is 7.83. The van der Waals surface area contributed by atoms with Gasteiger partial charge in [-0.3, -0.25) is 4.79 Å². The van der Waals surface area contributed by atoms with Crippen molar-refractivity contribution < 1.29 is 19.4 Å². The number of nitrogens with one attached hydrogen (secondary N) is 1. The molecule has 0 aliphatic rings. The Morgan fingerprint density at radius 3 is 2.55 bits per heavy atom. The number of carbonyl (C=O) groups is 2. The molecule has 29 heavy (non-hydrogen) atoms. The molecule has 3 rings (SSSR count). The lowest BCUT2D eigenvalue weighted by molar-refractivity contribution is -0.147. The molecule has 2 N–H and O–H groups in total. The summed E-state index contributed by atoms with van der Waals surface area (Å²) in [5.41, 5.74) is -1.00. The normalized spacial score (nSPS) is 12.9. The number of ether oxygens (including phenoxy) is 1. The molecule has 150 valence electrons. The smallest absolute Gasteiger partial charge is 0.333 e. The fraction of sp³-hybridized carbons (Fsp3) is 0.217. The molecule has 0 saturated heterocycles. The van der Waals surface area contributed by atoms with E-state index < -0.39 is 11.5 Å². The third kappa shape index (κ3) is 4.95. The average Bonchev–Trinajstić information content (AvgIpc) is 2.71. The van der Waals surface area contributed by atoms with Crippen LogP contribution in [-0.2, 0) is 15.1 Å². The SMILES string of the molecule is CC(NC(=O)CCCOc1cccc2ccccc12)(C(=O)O)c1cccc(Br)c1. The van der Waals surface area contributed by atoms with Crippen molar-refractivity contribution in [1.82, 2.24) is 5.32 Å². The molecule has 0 radical (unpaired) electrons. The average molecular weight is 456 g/mol. The zero-order valence-electron chi connectivity index (χ0n) is 16.0. The van der Waals surface area contributed by atoms with Crippen LogP contribution in [0.3, 0.4) is 0 Å². The van der Waals surface area contributed by atoms with Crippen LogP contribution in [0.15, 0.2) is 71.2 Å². The largest absolute Gasteiger partial charge is 0.493 e. The lowest BCUT2D eigenvalue weighted by atomic mass is 9.92. The first kappa shape index (κ1) is 20.9. The molecule has 5 nitrogen and oxygen atoms in total. The van der Waals surface area contributed by atoms with E-state index in [1.807, 2.05) is 42.5 Å². The summed E-state index contributed by atoms with van der Waals surface area (Å²) in [5.74, 6) is -0.680. The Labute approximate surface area is 177 Å². The van der Waals surface area contributed by atoms with Crippen molar-refractivity contribution in [2.75, 3.05) is 6.61 Å². The highest BCUT2D eigenvalue weighted by Crippen LogP contribution is 2.26. The van der Waals surface area contributed by atoms with E-state index in [-0.39, 0.29) is 12.3 Å². The molecule has 0 aromatic heterocycles. The van der Waals surface area contributed by atoms with Gasteiger partial charge >= 0.3 is 5.97 Å². The van der Waals surface area contributed by atoms with Gasteiger partial charge in [-0.2, -0.15) is 0 Å². The number of rotatable bonds is 8. The van der Waals surface area contributed by atoms with Gasteiger partial charge in [0.1, 0.15) is 5.75 Å². The Balaban J connectivity index is 1.58. The Morgan fingerprint density at radius 1 is 1.07 bits per heavy atom. The van der Waals surface area contributed by atoms with Crippen molar-refractivity contribution in [3.8, 4) is 5.75 Å². The Bertz CT molecular complexity index is 1030. The highest BCUT2D eigenvalue weighted by atomic mass is 79.9. The first-order valence-electron chi connectivity index (χ1n) is 9.31. The zero-order chi connectivity index (χ0) is 20.9. The molecule has 1 atom stereocenters. The molecule has 6 heteroatoms. The van der Waals surface area contributed by atoms with Gasteiger partial charge in [-0.1, -0.05) is 64.5 Å². The fourth-order valence-corrected chi connectivity index (χ4v) is 3.53. The predicted molar refractivity (Wildman–Crippen MR) is 116 cm³/mol. The van der Waals surface area contributed by atoms with Crippen LogP contribution in [0.2, 0.25) is 0 Å². The molecular formula is C23H22BrNO4. The quantitative estimate of drug-likeness (QED) is 0.474. The van der Waals surface area contributed by atoms with Crippen LogP contribution in [0.1, 0.15) is 25.3 Å². The van der Waals surface area contributed by atoms with E-state index in [1.54, 1.807) is 24.3 Å². The lowest BCUT2D eigenvalue weighted by Crippen LogP contribution is -2.49. The van der Waals surface area contributed by atoms with E-state index in [2.05, 4.69) is 21.2 Å². The number of aliphatic carboxylic acids is 1. The van der Waals surface area contributed by atoms with E-state index in [0.717, 1.165) is 21.0 Å². The molecule has 3 aromatic carbocycles. The number of benzene rings is 3. The van der Waals surface area contributed by atoms with Gasteiger partial charge in [-0.05, 0) is 42.5 Å². The molecule has 3 aromatic rings. The number of carboxylic acids is 1. The van der Waals surface area contributed by atoms with E-state index >= 15 is 0 Å². The first-order valence-corrected chi connectivity index (χ1v) is 10.1. The van der Waals surface area contributed by atoms with Gasteiger partial charge in [-0.15, -0.1) is 0 Å². The van der Waals surface area contributed by atoms with E-state index in [1.165, 1.54) is 6.92 Å². The van der Waals surface area contributed by atoms with Crippen LogP contribution in [0.4, 0.5) is 0 Å². The summed E-state index contributed by atoms with van der Waals surface area (Å²) in [6.07, 6.45) is 0.644. The number of halogens is 1. The molecule has 0 fully saturated rings. The maximum absolute atomic E-state index is 12.4. The predicted octanol–water partition coefficient (Wildman–Crippen LogP) is 4.88. The number of hydrogen-bond donors (Lipinski definition) is 2. The molecule has 0 saturated carbocycles. The van der Waals surface area contributed by atoms with Crippen molar-refractivity contribution in [2.24, 2.45) is 0 Å². The topological polar surface area (TPSA) is 75.6 Å². The van der Waals surface area contributed by atoms with Crippen LogP contribution in [0.25, 0.3) is 10.8 Å². The summed E-state index contributed by atoms with van der Waals surface area (Å²) < 4.78 is 6.60. The van der Waals surface area contributed by atoms with Gasteiger partial charge in [0.15, 0.2) is 5.54 Å². The zero-order valence-corrected chi connectivity index (χ0v) is 17.6. The molecule has 1 amide bonds. The highest BCUT2D eigenvalue weighted by Gasteiger charge is 2.36. The maximum Gasteiger partial charge on any atom is 0.333 e. The number of carbonyl (C=O) groups excluding carboxylic acids is 1. The van der Waals surface area contributed by atoms with Crippen LogP contribution in [-0.4, -0.2) is 23.6 Å². The molecule has 0 aliphatic heterocycles. The van der Waals surface area contributed by atoms with Crippen LogP contribution >= 0.6 is 15.9 Å². The van der Waals surface area contributed by atoms with Gasteiger partial charge in [0.05, 0.1) is 6.61 Å². The Morgan fingerprint density at radius 2 is 1.79 bits per heavy atom. The lowest BCUT2D eigenvalue weighted by Gasteiger charge is -2.27. The van der Waals surface area contributed by atoms with Crippen LogP contribution in [0, 0.1) is 0 Å². The minimum atomic E-state index is -1.50. The maximum atomic E-state index is 12.4. The van der Waals surface area contributed by atoms with Crippen molar-refractivity contribution in [1.29, 1.82) is 0 Å². The van der Waals surface area contributed by atoms with E-state index in [0.29, 0.717) is 18.6 Å². The minimum absolute atomic E-state index is 0.168. The van der Waals surface area contributed by atoms with Gasteiger partial charge in [-0.25, -0.2) is 4.79 Å². The number of carboxylic acid groups (broad SMARTS) is 1. The van der Waals surface area contributed by atoms with Gasteiger partial charge < -0.3 is 15.2 Å². The minimum Gasteiger partial charge on any atom is -0.493 e. The second kappa shape index (κ2) is 9.09. The summed E-state index contributed by atoms with van der Waals surface area (Å²) in [5, 5.41) is 14.5. The van der Waals surface area contributed by atoms with Crippen molar-refractivity contribution in [2.45, 2.75) is 25.3 Å². The number of fused-ring (bicyclic) bond motifs is 1. The molecule has 0 heterocycles. The number of hydrogen-bond acceptors (Lipinski definition) is 3. The monoisotopic (exact) mass is 455 g/mol. The third-order valence-corrected chi connectivity index (χ3v) is 5.27. The summed E-state index contributed by atoms with van der Waals surface area (Å²) in [4.78, 5) is 24.3. The second-order valence-electron chi connectivity index (χ2n) is 6.92. The molecule has 0 bridgehead atoms. The summed E-state index contributed by atoms with van der Waals surface area (Å²) in [7, 11) is 0. The highest BCUT2D eigenvalue weighted by molar-refractivity contribution is 9.10. The molecule has 0 aliphatic carbocycles. The van der Waals surface area contributed by atoms with Crippen LogP contribution < -0.4 is 10.1 Å². The molecular weight excluding hydrogens is 434 g/mol. The van der Waals surface area contributed by atoms with Crippen molar-refractivity contribution in [3.63, 3.8) is 0 Å².